The molecule has 88 valence electrons. The van der Waals surface area contributed by atoms with Crippen molar-refractivity contribution in [3.05, 3.63) is 63.7 Å². The number of ether oxygens (including phenoxy) is 1. The molecule has 1 nitrogen and oxygen atoms in total. The van der Waals surface area contributed by atoms with Crippen LogP contribution in [0.2, 0.25) is 0 Å². The zero-order valence-electron chi connectivity index (χ0n) is 9.60. The predicted molar refractivity (Wildman–Crippen MR) is 79.4 cm³/mol. The molecular formula is C15H15IO. The van der Waals surface area contributed by atoms with Crippen LogP contribution in [-0.4, -0.2) is 6.61 Å². The van der Waals surface area contributed by atoms with Crippen LogP contribution < -0.4 is 4.74 Å². The van der Waals surface area contributed by atoms with Crippen LogP contribution in [0.15, 0.2) is 54.6 Å². The Morgan fingerprint density at radius 1 is 0.882 bits per heavy atom. The van der Waals surface area contributed by atoms with Crippen LogP contribution in [-0.2, 0) is 6.42 Å². The van der Waals surface area contributed by atoms with Crippen LogP contribution in [0.25, 0.3) is 0 Å². The van der Waals surface area contributed by atoms with Gasteiger partial charge in [-0.2, -0.15) is 0 Å². The van der Waals surface area contributed by atoms with E-state index in [1.807, 2.05) is 24.3 Å². The Morgan fingerprint density at radius 2 is 1.59 bits per heavy atom. The molecular weight excluding hydrogens is 323 g/mol. The van der Waals surface area contributed by atoms with Crippen LogP contribution >= 0.6 is 22.6 Å². The molecule has 2 rings (SSSR count). The van der Waals surface area contributed by atoms with Gasteiger partial charge in [0.25, 0.3) is 0 Å². The SMILES string of the molecule is Ic1ccccc1OCCCc1ccccc1. The number of hydrogen-bond acceptors (Lipinski definition) is 1. The molecule has 0 N–H and O–H groups in total. The minimum atomic E-state index is 0.773. The van der Waals surface area contributed by atoms with E-state index in [0.717, 1.165) is 25.2 Å². The molecule has 0 amide bonds. The molecule has 0 aliphatic carbocycles. The summed E-state index contributed by atoms with van der Waals surface area (Å²) in [5.41, 5.74) is 1.37. The molecule has 2 heteroatoms. The Labute approximate surface area is 116 Å². The second kappa shape index (κ2) is 6.64. The topological polar surface area (TPSA) is 9.23 Å². The minimum Gasteiger partial charge on any atom is -0.492 e. The van der Waals surface area contributed by atoms with Crippen LogP contribution in [0.1, 0.15) is 12.0 Å². The average molecular weight is 338 g/mol. The first kappa shape index (κ1) is 12.4. The smallest absolute Gasteiger partial charge is 0.132 e. The van der Waals surface area contributed by atoms with Gasteiger partial charge in [-0.3, -0.25) is 0 Å². The average Bonchev–Trinajstić information content (AvgIpc) is 2.38. The Balaban J connectivity index is 1.76. The van der Waals surface area contributed by atoms with Crippen LogP contribution in [0.4, 0.5) is 0 Å². The lowest BCUT2D eigenvalue weighted by Gasteiger charge is -2.07. The second-order valence-electron chi connectivity index (χ2n) is 3.87. The monoisotopic (exact) mass is 338 g/mol. The largest absolute Gasteiger partial charge is 0.492 e. The molecule has 0 aromatic heterocycles. The third-order valence-electron chi connectivity index (χ3n) is 2.55. The van der Waals surface area contributed by atoms with Gasteiger partial charge < -0.3 is 4.74 Å². The van der Waals surface area contributed by atoms with E-state index in [2.05, 4.69) is 52.9 Å². The second-order valence-corrected chi connectivity index (χ2v) is 5.03. The number of hydrogen-bond donors (Lipinski definition) is 0. The zero-order valence-corrected chi connectivity index (χ0v) is 11.8. The fraction of sp³-hybridized carbons (Fsp3) is 0.200. The zero-order chi connectivity index (χ0) is 11.9. The van der Waals surface area contributed by atoms with Crippen molar-refractivity contribution in [1.82, 2.24) is 0 Å². The molecule has 0 radical (unpaired) electrons. The van der Waals surface area contributed by atoms with Gasteiger partial charge in [-0.25, -0.2) is 0 Å². The first-order valence-electron chi connectivity index (χ1n) is 5.77. The van der Waals surface area contributed by atoms with Crippen molar-refractivity contribution in [1.29, 1.82) is 0 Å². The highest BCUT2D eigenvalue weighted by molar-refractivity contribution is 14.1. The summed E-state index contributed by atoms with van der Waals surface area (Å²) >= 11 is 2.30. The summed E-state index contributed by atoms with van der Waals surface area (Å²) < 4.78 is 6.92. The molecule has 0 saturated heterocycles. The van der Waals surface area contributed by atoms with Crippen LogP contribution in [0.5, 0.6) is 5.75 Å². The van der Waals surface area contributed by atoms with Gasteiger partial charge in [-0.15, -0.1) is 0 Å². The Hall–Kier alpha value is -1.03. The maximum Gasteiger partial charge on any atom is 0.132 e. The summed E-state index contributed by atoms with van der Waals surface area (Å²) in [7, 11) is 0. The quantitative estimate of drug-likeness (QED) is 0.583. The van der Waals surface area contributed by atoms with Crippen molar-refractivity contribution >= 4 is 22.6 Å². The molecule has 0 unspecified atom stereocenters. The van der Waals surface area contributed by atoms with Crippen molar-refractivity contribution in [2.45, 2.75) is 12.8 Å². The Kier molecular flexibility index (Phi) is 4.86. The third-order valence-corrected chi connectivity index (χ3v) is 3.44. The van der Waals surface area contributed by atoms with E-state index >= 15 is 0 Å². The molecule has 2 aromatic carbocycles. The summed E-state index contributed by atoms with van der Waals surface area (Å²) in [6.07, 6.45) is 2.12. The number of rotatable bonds is 5. The minimum absolute atomic E-state index is 0.773. The number of halogens is 1. The van der Waals surface area contributed by atoms with E-state index in [9.17, 15) is 0 Å². The van der Waals surface area contributed by atoms with Gasteiger partial charge in [0, 0.05) is 0 Å². The van der Waals surface area contributed by atoms with E-state index in [4.69, 9.17) is 4.74 Å². The van der Waals surface area contributed by atoms with E-state index < -0.39 is 0 Å². The van der Waals surface area contributed by atoms with Crippen molar-refractivity contribution in [3.63, 3.8) is 0 Å². The van der Waals surface area contributed by atoms with Gasteiger partial charge in [0.05, 0.1) is 10.2 Å². The fourth-order valence-electron chi connectivity index (χ4n) is 1.66. The van der Waals surface area contributed by atoms with E-state index in [1.54, 1.807) is 0 Å². The molecule has 0 spiro atoms. The van der Waals surface area contributed by atoms with E-state index in [0.29, 0.717) is 0 Å². The van der Waals surface area contributed by atoms with Crippen LogP contribution in [0, 0.1) is 3.57 Å². The molecule has 0 atom stereocenters. The number of aryl methyl sites for hydroxylation is 1. The fourth-order valence-corrected chi connectivity index (χ4v) is 2.21. The molecule has 0 aliphatic heterocycles. The van der Waals surface area contributed by atoms with E-state index in [-0.39, 0.29) is 0 Å². The number of benzene rings is 2. The predicted octanol–water partition coefficient (Wildman–Crippen LogP) is 4.30. The van der Waals surface area contributed by atoms with Gasteiger partial charge >= 0.3 is 0 Å². The summed E-state index contributed by atoms with van der Waals surface area (Å²) in [5, 5.41) is 0. The van der Waals surface area contributed by atoms with Gasteiger partial charge in [0.1, 0.15) is 5.75 Å². The van der Waals surface area contributed by atoms with Crippen molar-refractivity contribution in [2.75, 3.05) is 6.61 Å². The normalized spacial score (nSPS) is 10.2. The maximum atomic E-state index is 5.75. The van der Waals surface area contributed by atoms with Gasteiger partial charge in [-0.05, 0) is 53.1 Å². The highest BCUT2D eigenvalue weighted by Crippen LogP contribution is 2.19. The van der Waals surface area contributed by atoms with E-state index in [1.165, 1.54) is 9.13 Å². The molecule has 17 heavy (non-hydrogen) atoms. The van der Waals surface area contributed by atoms with Crippen molar-refractivity contribution < 1.29 is 4.74 Å². The highest BCUT2D eigenvalue weighted by Gasteiger charge is 1.98. The van der Waals surface area contributed by atoms with Gasteiger partial charge in [-0.1, -0.05) is 42.5 Å². The summed E-state index contributed by atoms with van der Waals surface area (Å²) in [6, 6.07) is 18.6. The van der Waals surface area contributed by atoms with Gasteiger partial charge in [0.15, 0.2) is 0 Å². The summed E-state index contributed by atoms with van der Waals surface area (Å²) in [6.45, 7) is 0.773. The molecule has 0 bridgehead atoms. The first-order chi connectivity index (χ1) is 8.36. The Bertz CT molecular complexity index is 453. The van der Waals surface area contributed by atoms with Gasteiger partial charge in [0.2, 0.25) is 0 Å². The molecule has 0 aliphatic rings. The maximum absolute atomic E-state index is 5.75. The lowest BCUT2D eigenvalue weighted by molar-refractivity contribution is 0.309. The molecule has 0 heterocycles. The third kappa shape index (κ3) is 4.04. The molecule has 2 aromatic rings. The standard InChI is InChI=1S/C15H15IO/c16-14-10-4-5-11-15(14)17-12-6-9-13-7-2-1-3-8-13/h1-5,7-8,10-11H,6,9,12H2. The molecule has 0 saturated carbocycles. The lowest BCUT2D eigenvalue weighted by Crippen LogP contribution is -2.00. The summed E-state index contributed by atoms with van der Waals surface area (Å²) in [5.74, 6) is 0.987. The Morgan fingerprint density at radius 3 is 2.35 bits per heavy atom. The summed E-state index contributed by atoms with van der Waals surface area (Å²) in [4.78, 5) is 0. The van der Waals surface area contributed by atoms with Crippen molar-refractivity contribution in [3.8, 4) is 5.75 Å². The number of para-hydroxylation sites is 1. The lowest BCUT2D eigenvalue weighted by atomic mass is 10.1. The molecule has 0 fully saturated rings. The van der Waals surface area contributed by atoms with Crippen LogP contribution in [0.3, 0.4) is 0 Å². The highest BCUT2D eigenvalue weighted by atomic mass is 127. The van der Waals surface area contributed by atoms with Crippen molar-refractivity contribution in [2.24, 2.45) is 0 Å². The first-order valence-corrected chi connectivity index (χ1v) is 6.85.